The van der Waals surface area contributed by atoms with Crippen molar-refractivity contribution in [1.82, 2.24) is 5.43 Å². The monoisotopic (exact) mass is 421 g/mol. The van der Waals surface area contributed by atoms with Crippen molar-refractivity contribution in [2.45, 2.75) is 6.61 Å². The van der Waals surface area contributed by atoms with Gasteiger partial charge in [-0.05, 0) is 58.8 Å². The molecule has 0 bridgehead atoms. The molecule has 0 aliphatic carbocycles. The Hall–Kier alpha value is -4.63. The molecule has 4 aromatic rings. The van der Waals surface area contributed by atoms with Crippen LogP contribution >= 0.6 is 0 Å². The summed E-state index contributed by atoms with van der Waals surface area (Å²) in [6, 6.07) is 27.3. The molecule has 0 saturated carbocycles. The van der Waals surface area contributed by atoms with E-state index in [1.54, 1.807) is 42.5 Å². The van der Waals surface area contributed by atoms with E-state index in [-0.39, 0.29) is 11.3 Å². The zero-order chi connectivity index (χ0) is 22.3. The molecule has 0 aromatic heterocycles. The number of ether oxygens (including phenoxy) is 1. The first-order valence-electron chi connectivity index (χ1n) is 9.90. The van der Waals surface area contributed by atoms with Gasteiger partial charge in [0.1, 0.15) is 18.1 Å². The van der Waals surface area contributed by atoms with Crippen molar-refractivity contribution in [2.75, 3.05) is 0 Å². The van der Waals surface area contributed by atoms with Gasteiger partial charge in [-0.2, -0.15) is 10.4 Å². The zero-order valence-electron chi connectivity index (χ0n) is 17.0. The number of hydrazone groups is 1. The van der Waals surface area contributed by atoms with Crippen molar-refractivity contribution in [2.24, 2.45) is 5.10 Å². The van der Waals surface area contributed by atoms with Crippen LogP contribution in [0.25, 0.3) is 10.8 Å². The lowest BCUT2D eigenvalue weighted by Gasteiger charge is -2.08. The van der Waals surface area contributed by atoms with Crippen LogP contribution in [0.3, 0.4) is 0 Å². The van der Waals surface area contributed by atoms with Gasteiger partial charge in [0.05, 0.1) is 23.4 Å². The number of nitrogens with zero attached hydrogens (tertiary/aromatic N) is 2. The maximum absolute atomic E-state index is 12.4. The number of nitriles is 1. The Morgan fingerprint density at radius 1 is 1.00 bits per heavy atom. The van der Waals surface area contributed by atoms with Crippen LogP contribution in [0.2, 0.25) is 0 Å². The Balaban J connectivity index is 1.36. The summed E-state index contributed by atoms with van der Waals surface area (Å²) in [6.45, 7) is 0.294. The minimum absolute atomic E-state index is 0.101. The summed E-state index contributed by atoms with van der Waals surface area (Å²) >= 11 is 0. The lowest BCUT2D eigenvalue weighted by molar-refractivity contribution is 0.0952. The van der Waals surface area contributed by atoms with Crippen molar-refractivity contribution in [3.8, 4) is 17.6 Å². The summed E-state index contributed by atoms with van der Waals surface area (Å²) in [7, 11) is 0. The molecule has 0 unspecified atom stereocenters. The Labute approximate surface area is 185 Å². The summed E-state index contributed by atoms with van der Waals surface area (Å²) in [5.41, 5.74) is 4.76. The van der Waals surface area contributed by atoms with E-state index < -0.39 is 5.91 Å². The number of phenolic OH excluding ortho intramolecular Hbond substituents is 1. The highest BCUT2D eigenvalue weighted by Gasteiger charge is 2.11. The minimum atomic E-state index is -0.499. The Morgan fingerprint density at radius 3 is 2.44 bits per heavy atom. The van der Waals surface area contributed by atoms with Crippen LogP contribution < -0.4 is 10.2 Å². The van der Waals surface area contributed by atoms with Crippen molar-refractivity contribution < 1.29 is 14.6 Å². The van der Waals surface area contributed by atoms with E-state index in [2.05, 4.69) is 16.6 Å². The summed E-state index contributed by atoms with van der Waals surface area (Å²) in [5, 5.41) is 25.0. The van der Waals surface area contributed by atoms with Gasteiger partial charge in [-0.1, -0.05) is 42.5 Å². The standard InChI is InChI=1S/C26H19N3O3/c27-15-21-7-3-4-8-22(21)17-32-23-11-9-18(10-12-23)16-28-29-26(31)24-13-19-5-1-2-6-20(19)14-25(24)30/h1-14,16,30H,17H2,(H,29,31). The first-order chi connectivity index (χ1) is 15.6. The van der Waals surface area contributed by atoms with E-state index in [1.807, 2.05) is 42.5 Å². The van der Waals surface area contributed by atoms with E-state index in [0.717, 1.165) is 21.9 Å². The van der Waals surface area contributed by atoms with E-state index >= 15 is 0 Å². The molecular formula is C26H19N3O3. The second-order valence-corrected chi connectivity index (χ2v) is 7.04. The van der Waals surface area contributed by atoms with Gasteiger partial charge in [0.15, 0.2) is 0 Å². The van der Waals surface area contributed by atoms with Gasteiger partial charge >= 0.3 is 0 Å². The Morgan fingerprint density at radius 2 is 1.69 bits per heavy atom. The molecular weight excluding hydrogens is 402 g/mol. The normalized spacial score (nSPS) is 10.7. The number of amides is 1. The zero-order valence-corrected chi connectivity index (χ0v) is 17.0. The lowest BCUT2D eigenvalue weighted by atomic mass is 10.1. The van der Waals surface area contributed by atoms with Crippen LogP contribution in [-0.4, -0.2) is 17.2 Å². The predicted octanol–water partition coefficient (Wildman–Crippen LogP) is 4.76. The number of aromatic hydroxyl groups is 1. The summed E-state index contributed by atoms with van der Waals surface area (Å²) in [5.74, 6) is 0.0523. The fraction of sp³-hybridized carbons (Fsp3) is 0.0385. The molecule has 156 valence electrons. The molecule has 2 N–H and O–H groups in total. The van der Waals surface area contributed by atoms with Crippen molar-refractivity contribution in [3.05, 3.63) is 107 Å². The van der Waals surface area contributed by atoms with Gasteiger partial charge in [0, 0.05) is 5.56 Å². The van der Waals surface area contributed by atoms with Gasteiger partial charge in [0.2, 0.25) is 0 Å². The smallest absolute Gasteiger partial charge is 0.275 e. The summed E-state index contributed by atoms with van der Waals surface area (Å²) < 4.78 is 5.75. The SMILES string of the molecule is N#Cc1ccccc1COc1ccc(C=NNC(=O)c2cc3ccccc3cc2O)cc1. The quantitative estimate of drug-likeness (QED) is 0.347. The molecule has 0 atom stereocenters. The second kappa shape index (κ2) is 9.45. The fourth-order valence-corrected chi connectivity index (χ4v) is 3.20. The molecule has 4 rings (SSSR count). The molecule has 32 heavy (non-hydrogen) atoms. The molecule has 4 aromatic carbocycles. The first-order valence-corrected chi connectivity index (χ1v) is 9.90. The highest BCUT2D eigenvalue weighted by Crippen LogP contribution is 2.24. The number of phenols is 1. The Kier molecular flexibility index (Phi) is 6.10. The maximum atomic E-state index is 12.4. The van der Waals surface area contributed by atoms with Gasteiger partial charge in [0.25, 0.3) is 5.91 Å². The summed E-state index contributed by atoms with van der Waals surface area (Å²) in [6.07, 6.45) is 1.50. The van der Waals surface area contributed by atoms with Crippen LogP contribution in [0, 0.1) is 11.3 Å². The molecule has 0 fully saturated rings. The number of carbonyl (C=O) groups excluding carboxylic acids is 1. The second-order valence-electron chi connectivity index (χ2n) is 7.04. The Bertz CT molecular complexity index is 1340. The number of hydrogen-bond acceptors (Lipinski definition) is 5. The molecule has 0 aliphatic rings. The number of carbonyl (C=O) groups is 1. The average Bonchev–Trinajstić information content (AvgIpc) is 2.83. The number of rotatable bonds is 6. The number of nitrogens with one attached hydrogen (secondary N) is 1. The van der Waals surface area contributed by atoms with Crippen molar-refractivity contribution >= 4 is 22.9 Å². The number of benzene rings is 4. The highest BCUT2D eigenvalue weighted by molar-refractivity contribution is 6.01. The van der Waals surface area contributed by atoms with Crippen LogP contribution in [0.1, 0.15) is 27.0 Å². The van der Waals surface area contributed by atoms with Gasteiger partial charge < -0.3 is 9.84 Å². The molecule has 0 saturated heterocycles. The van der Waals surface area contributed by atoms with Gasteiger partial charge in [-0.3, -0.25) is 4.79 Å². The molecule has 0 heterocycles. The van der Waals surface area contributed by atoms with E-state index in [4.69, 9.17) is 10.00 Å². The van der Waals surface area contributed by atoms with Crippen LogP contribution in [0.5, 0.6) is 11.5 Å². The van der Waals surface area contributed by atoms with Crippen LogP contribution in [0.15, 0.2) is 90.0 Å². The number of fused-ring (bicyclic) bond motifs is 1. The van der Waals surface area contributed by atoms with Crippen LogP contribution in [0.4, 0.5) is 0 Å². The molecule has 1 amide bonds. The lowest BCUT2D eigenvalue weighted by Crippen LogP contribution is -2.17. The average molecular weight is 421 g/mol. The molecule has 6 heteroatoms. The van der Waals surface area contributed by atoms with E-state index in [9.17, 15) is 9.90 Å². The molecule has 0 spiro atoms. The third kappa shape index (κ3) is 4.74. The highest BCUT2D eigenvalue weighted by atomic mass is 16.5. The van der Waals surface area contributed by atoms with Gasteiger partial charge in [-0.25, -0.2) is 5.43 Å². The third-order valence-corrected chi connectivity index (χ3v) is 4.90. The number of hydrogen-bond donors (Lipinski definition) is 2. The van der Waals surface area contributed by atoms with E-state index in [0.29, 0.717) is 17.9 Å². The topological polar surface area (TPSA) is 94.7 Å². The molecule has 0 aliphatic heterocycles. The minimum Gasteiger partial charge on any atom is -0.507 e. The molecule has 0 radical (unpaired) electrons. The van der Waals surface area contributed by atoms with Crippen LogP contribution in [-0.2, 0) is 6.61 Å². The first kappa shape index (κ1) is 20.6. The maximum Gasteiger partial charge on any atom is 0.275 e. The molecule has 6 nitrogen and oxygen atoms in total. The third-order valence-electron chi connectivity index (χ3n) is 4.90. The fourth-order valence-electron chi connectivity index (χ4n) is 3.20. The van der Waals surface area contributed by atoms with Crippen molar-refractivity contribution in [1.29, 1.82) is 5.26 Å². The predicted molar refractivity (Wildman–Crippen MR) is 123 cm³/mol. The summed E-state index contributed by atoms with van der Waals surface area (Å²) in [4.78, 5) is 12.4. The van der Waals surface area contributed by atoms with Crippen molar-refractivity contribution in [3.63, 3.8) is 0 Å². The van der Waals surface area contributed by atoms with E-state index in [1.165, 1.54) is 6.21 Å². The largest absolute Gasteiger partial charge is 0.507 e. The van der Waals surface area contributed by atoms with Gasteiger partial charge in [-0.15, -0.1) is 0 Å².